The van der Waals surface area contributed by atoms with E-state index in [9.17, 15) is 8.42 Å². The molecule has 0 saturated heterocycles. The van der Waals surface area contributed by atoms with Crippen LogP contribution in [0.5, 0.6) is 0 Å². The number of hydrogen-bond donors (Lipinski definition) is 0. The van der Waals surface area contributed by atoms with Gasteiger partial charge in [-0.15, -0.1) is 11.3 Å². The average Bonchev–Trinajstić information content (AvgIpc) is 2.96. The van der Waals surface area contributed by atoms with Crippen LogP contribution in [0.2, 0.25) is 18.1 Å². The molecule has 0 aliphatic heterocycles. The highest BCUT2D eigenvalue weighted by molar-refractivity contribution is 7.93. The van der Waals surface area contributed by atoms with Crippen LogP contribution in [-0.4, -0.2) is 34.1 Å². The number of thiazole rings is 1. The highest BCUT2D eigenvalue weighted by atomic mass is 32.2. The van der Waals surface area contributed by atoms with Crippen LogP contribution < -0.4 is 0 Å². The second kappa shape index (κ2) is 8.31. The van der Waals surface area contributed by atoms with E-state index in [1.54, 1.807) is 0 Å². The maximum absolute atomic E-state index is 12.8. The van der Waals surface area contributed by atoms with E-state index in [0.717, 1.165) is 16.6 Å². The monoisotopic (exact) mass is 427 g/mol. The van der Waals surface area contributed by atoms with Gasteiger partial charge in [0.05, 0.1) is 16.0 Å². The van der Waals surface area contributed by atoms with Crippen molar-refractivity contribution >= 4 is 39.7 Å². The van der Waals surface area contributed by atoms with Gasteiger partial charge in [-0.3, -0.25) is 0 Å². The molecule has 0 N–H and O–H groups in total. The standard InChI is InChI=1S/C20H33NO3S2Si/c1-15(13-24-27(6,7)20(3,4)5)12-16(2)14-26(22,23)19-21-17-10-8-9-11-18(17)25-19/h8-11,15-16H,12-14H2,1-7H3/t15-,16+/m1/s1. The Morgan fingerprint density at radius 3 is 2.37 bits per heavy atom. The smallest absolute Gasteiger partial charge is 0.210 e. The second-order valence-corrected chi connectivity index (χ2v) is 17.3. The molecule has 0 aliphatic rings. The van der Waals surface area contributed by atoms with Crippen molar-refractivity contribution in [2.75, 3.05) is 12.4 Å². The number of sulfone groups is 1. The first kappa shape index (κ1) is 22.5. The van der Waals surface area contributed by atoms with Crippen molar-refractivity contribution in [3.63, 3.8) is 0 Å². The Balaban J connectivity index is 1.94. The average molecular weight is 428 g/mol. The van der Waals surface area contributed by atoms with Gasteiger partial charge in [0.1, 0.15) is 0 Å². The Hall–Kier alpha value is -0.763. The van der Waals surface area contributed by atoms with Gasteiger partial charge in [0.25, 0.3) is 0 Å². The summed E-state index contributed by atoms with van der Waals surface area (Å²) in [4.78, 5) is 4.32. The third kappa shape index (κ3) is 5.86. The van der Waals surface area contributed by atoms with Gasteiger partial charge in [-0.1, -0.05) is 46.8 Å². The molecule has 2 atom stereocenters. The molecule has 0 fully saturated rings. The molecule has 0 radical (unpaired) electrons. The summed E-state index contributed by atoms with van der Waals surface area (Å²) in [5, 5.41) is 0.189. The normalized spacial score (nSPS) is 15.8. The van der Waals surface area contributed by atoms with Crippen LogP contribution in [0.1, 0.15) is 41.0 Å². The minimum Gasteiger partial charge on any atom is -0.417 e. The van der Waals surface area contributed by atoms with Gasteiger partial charge < -0.3 is 4.43 Å². The molecular formula is C20H33NO3S2Si. The van der Waals surface area contributed by atoms with Gasteiger partial charge >= 0.3 is 0 Å². The molecule has 0 spiro atoms. The Morgan fingerprint density at radius 2 is 1.78 bits per heavy atom. The molecule has 27 heavy (non-hydrogen) atoms. The van der Waals surface area contributed by atoms with Crippen molar-refractivity contribution in [1.82, 2.24) is 4.98 Å². The Bertz CT molecular complexity index is 836. The molecule has 7 heteroatoms. The first-order valence-electron chi connectivity index (χ1n) is 9.54. The fourth-order valence-corrected chi connectivity index (χ4v) is 6.90. The third-order valence-electron chi connectivity index (χ3n) is 5.38. The highest BCUT2D eigenvalue weighted by Crippen LogP contribution is 2.37. The highest BCUT2D eigenvalue weighted by Gasteiger charge is 2.37. The first-order valence-corrected chi connectivity index (χ1v) is 14.9. The fraction of sp³-hybridized carbons (Fsp3) is 0.650. The summed E-state index contributed by atoms with van der Waals surface area (Å²) in [6.45, 7) is 16.1. The van der Waals surface area contributed by atoms with E-state index < -0.39 is 18.2 Å². The zero-order chi connectivity index (χ0) is 20.5. The van der Waals surface area contributed by atoms with Crippen LogP contribution in [0.25, 0.3) is 10.2 Å². The van der Waals surface area contributed by atoms with Crippen molar-refractivity contribution in [2.45, 2.75) is 63.5 Å². The van der Waals surface area contributed by atoms with Crippen LogP contribution >= 0.6 is 11.3 Å². The number of benzene rings is 1. The summed E-state index contributed by atoms with van der Waals surface area (Å²) in [7, 11) is -5.12. The van der Waals surface area contributed by atoms with Gasteiger partial charge in [-0.2, -0.15) is 0 Å². The lowest BCUT2D eigenvalue weighted by atomic mass is 10.00. The second-order valence-electron chi connectivity index (χ2n) is 9.25. The van der Waals surface area contributed by atoms with E-state index in [4.69, 9.17) is 4.43 Å². The number of rotatable bonds is 8. The summed E-state index contributed by atoms with van der Waals surface area (Å²) in [6, 6.07) is 7.55. The first-order chi connectivity index (χ1) is 12.3. The topological polar surface area (TPSA) is 56.3 Å². The van der Waals surface area contributed by atoms with Crippen LogP contribution in [0.15, 0.2) is 28.6 Å². The summed E-state index contributed by atoms with van der Waals surface area (Å²) in [6.07, 6.45) is 0.832. The zero-order valence-electron chi connectivity index (χ0n) is 17.6. The van der Waals surface area contributed by atoms with E-state index in [0.29, 0.717) is 12.5 Å². The van der Waals surface area contributed by atoms with Crippen molar-refractivity contribution in [3.05, 3.63) is 24.3 Å². The van der Waals surface area contributed by atoms with E-state index in [2.05, 4.69) is 45.8 Å². The summed E-state index contributed by atoms with van der Waals surface area (Å²) >= 11 is 1.26. The molecule has 0 saturated carbocycles. The molecule has 1 aromatic heterocycles. The Morgan fingerprint density at radius 1 is 1.15 bits per heavy atom. The van der Waals surface area contributed by atoms with Crippen LogP contribution in [0.4, 0.5) is 0 Å². The minimum atomic E-state index is -3.36. The Kier molecular flexibility index (Phi) is 6.93. The van der Waals surface area contributed by atoms with Gasteiger partial charge in [0.15, 0.2) is 8.32 Å². The summed E-state index contributed by atoms with van der Waals surface area (Å²) < 4.78 is 33.0. The molecule has 0 bridgehead atoms. The fourth-order valence-electron chi connectivity index (χ4n) is 2.82. The number of fused-ring (bicyclic) bond motifs is 1. The quantitative estimate of drug-likeness (QED) is 0.503. The lowest BCUT2D eigenvalue weighted by Gasteiger charge is -2.37. The molecule has 152 valence electrons. The lowest BCUT2D eigenvalue weighted by molar-refractivity contribution is 0.220. The van der Waals surface area contributed by atoms with Crippen LogP contribution in [0.3, 0.4) is 0 Å². The van der Waals surface area contributed by atoms with Gasteiger partial charge in [0, 0.05) is 6.61 Å². The molecule has 0 aliphatic carbocycles. The van der Waals surface area contributed by atoms with Gasteiger partial charge in [-0.25, -0.2) is 13.4 Å². The van der Waals surface area contributed by atoms with E-state index in [-0.39, 0.29) is 21.0 Å². The number of aromatic nitrogens is 1. The van der Waals surface area contributed by atoms with E-state index >= 15 is 0 Å². The third-order valence-corrected chi connectivity index (χ3v) is 13.4. The number of nitrogens with zero attached hydrogens (tertiary/aromatic N) is 1. The van der Waals surface area contributed by atoms with Crippen molar-refractivity contribution < 1.29 is 12.8 Å². The molecule has 2 rings (SSSR count). The number of para-hydroxylation sites is 1. The summed E-state index contributed by atoms with van der Waals surface area (Å²) in [5.41, 5.74) is 0.755. The molecule has 0 amide bonds. The minimum absolute atomic E-state index is 0.0695. The van der Waals surface area contributed by atoms with Crippen molar-refractivity contribution in [1.29, 1.82) is 0 Å². The largest absolute Gasteiger partial charge is 0.417 e. The molecule has 0 unspecified atom stereocenters. The predicted molar refractivity (Wildman–Crippen MR) is 118 cm³/mol. The summed E-state index contributed by atoms with van der Waals surface area (Å²) in [5.74, 6) is 0.539. The van der Waals surface area contributed by atoms with E-state index in [1.807, 2.05) is 31.2 Å². The molecule has 1 heterocycles. The van der Waals surface area contributed by atoms with E-state index in [1.165, 1.54) is 11.3 Å². The van der Waals surface area contributed by atoms with Crippen LogP contribution in [-0.2, 0) is 14.3 Å². The maximum Gasteiger partial charge on any atom is 0.210 e. The lowest BCUT2D eigenvalue weighted by Crippen LogP contribution is -2.41. The van der Waals surface area contributed by atoms with Gasteiger partial charge in [-0.05, 0) is 48.5 Å². The molecule has 1 aromatic carbocycles. The SMILES string of the molecule is C[C@@H](CO[Si](C)(C)C(C)(C)C)C[C@H](C)CS(=O)(=O)c1nc2ccccc2s1. The van der Waals surface area contributed by atoms with Crippen molar-refractivity contribution in [3.8, 4) is 0 Å². The molecular weight excluding hydrogens is 394 g/mol. The predicted octanol–water partition coefficient (Wildman–Crippen LogP) is 5.75. The van der Waals surface area contributed by atoms with Gasteiger partial charge in [0.2, 0.25) is 14.2 Å². The molecule has 2 aromatic rings. The molecule has 4 nitrogen and oxygen atoms in total. The Labute approximate surface area is 169 Å². The van der Waals surface area contributed by atoms with Crippen molar-refractivity contribution in [2.24, 2.45) is 11.8 Å². The number of hydrogen-bond acceptors (Lipinski definition) is 5. The van der Waals surface area contributed by atoms with Crippen LogP contribution in [0, 0.1) is 11.8 Å². The zero-order valence-corrected chi connectivity index (χ0v) is 20.2. The maximum atomic E-state index is 12.8.